The van der Waals surface area contributed by atoms with Gasteiger partial charge in [-0.15, -0.1) is 0 Å². The van der Waals surface area contributed by atoms with Crippen molar-refractivity contribution in [1.82, 2.24) is 15.1 Å². The Morgan fingerprint density at radius 2 is 1.76 bits per heavy atom. The highest BCUT2D eigenvalue weighted by Gasteiger charge is 2.22. The molecule has 1 N–H and O–H groups in total. The third-order valence-corrected chi connectivity index (χ3v) is 4.79. The van der Waals surface area contributed by atoms with E-state index >= 15 is 0 Å². The zero-order valence-corrected chi connectivity index (χ0v) is 15.1. The number of nitrogens with one attached hydrogen (secondary N) is 1. The molecule has 1 fully saturated rings. The minimum atomic E-state index is 0.0269. The molecular weight excluding hydrogens is 310 g/mol. The fourth-order valence-electron chi connectivity index (χ4n) is 3.28. The SMILES string of the molecule is Cc1cccc(CN2CCN(C(=O)NC(C)c3ccccc3)CC2)c1. The van der Waals surface area contributed by atoms with E-state index in [1.165, 1.54) is 11.1 Å². The van der Waals surface area contributed by atoms with Crippen LogP contribution in [0.4, 0.5) is 4.79 Å². The lowest BCUT2D eigenvalue weighted by atomic mass is 10.1. The van der Waals surface area contributed by atoms with E-state index < -0.39 is 0 Å². The van der Waals surface area contributed by atoms with Crippen LogP contribution in [-0.4, -0.2) is 42.0 Å². The summed E-state index contributed by atoms with van der Waals surface area (Å²) in [7, 11) is 0. The van der Waals surface area contributed by atoms with E-state index in [1.807, 2.05) is 42.2 Å². The summed E-state index contributed by atoms with van der Waals surface area (Å²) in [5, 5.41) is 3.11. The topological polar surface area (TPSA) is 35.6 Å². The number of carbonyl (C=O) groups is 1. The summed E-state index contributed by atoms with van der Waals surface area (Å²) in [4.78, 5) is 16.8. The minimum Gasteiger partial charge on any atom is -0.331 e. The van der Waals surface area contributed by atoms with Crippen LogP contribution in [0, 0.1) is 6.92 Å². The number of benzene rings is 2. The first-order chi connectivity index (χ1) is 12.1. The molecule has 0 aliphatic carbocycles. The van der Waals surface area contributed by atoms with Crippen LogP contribution in [0.15, 0.2) is 54.6 Å². The van der Waals surface area contributed by atoms with Crippen molar-refractivity contribution >= 4 is 6.03 Å². The number of aryl methyl sites for hydroxylation is 1. The van der Waals surface area contributed by atoms with Gasteiger partial charge in [0.25, 0.3) is 0 Å². The summed E-state index contributed by atoms with van der Waals surface area (Å²) >= 11 is 0. The molecule has 1 aliphatic heterocycles. The highest BCUT2D eigenvalue weighted by atomic mass is 16.2. The van der Waals surface area contributed by atoms with Gasteiger partial charge in [0.15, 0.2) is 0 Å². The van der Waals surface area contributed by atoms with Gasteiger partial charge in [-0.2, -0.15) is 0 Å². The molecule has 1 aliphatic rings. The molecule has 4 nitrogen and oxygen atoms in total. The van der Waals surface area contributed by atoms with E-state index in [2.05, 4.69) is 41.4 Å². The highest BCUT2D eigenvalue weighted by molar-refractivity contribution is 5.74. The third-order valence-electron chi connectivity index (χ3n) is 4.79. The van der Waals surface area contributed by atoms with Crippen LogP contribution in [0.2, 0.25) is 0 Å². The van der Waals surface area contributed by atoms with Crippen LogP contribution in [0.5, 0.6) is 0 Å². The molecule has 4 heteroatoms. The average Bonchev–Trinajstić information content (AvgIpc) is 2.63. The number of nitrogens with zero attached hydrogens (tertiary/aromatic N) is 2. The lowest BCUT2D eigenvalue weighted by Crippen LogP contribution is -2.51. The molecule has 1 atom stereocenters. The van der Waals surface area contributed by atoms with Gasteiger partial charge in [0.2, 0.25) is 0 Å². The Morgan fingerprint density at radius 1 is 1.04 bits per heavy atom. The molecule has 0 bridgehead atoms. The number of rotatable bonds is 4. The van der Waals surface area contributed by atoms with Gasteiger partial charge in [0.05, 0.1) is 6.04 Å². The van der Waals surface area contributed by atoms with E-state index in [0.717, 1.165) is 38.3 Å². The van der Waals surface area contributed by atoms with Crippen molar-refractivity contribution in [1.29, 1.82) is 0 Å². The van der Waals surface area contributed by atoms with Crippen LogP contribution >= 0.6 is 0 Å². The monoisotopic (exact) mass is 337 g/mol. The Labute approximate surface area is 150 Å². The number of hydrogen-bond acceptors (Lipinski definition) is 2. The van der Waals surface area contributed by atoms with Crippen molar-refractivity contribution in [2.24, 2.45) is 0 Å². The van der Waals surface area contributed by atoms with Gasteiger partial charge < -0.3 is 10.2 Å². The van der Waals surface area contributed by atoms with Crippen molar-refractivity contribution in [3.05, 3.63) is 71.3 Å². The summed E-state index contributed by atoms with van der Waals surface area (Å²) in [6, 6.07) is 18.8. The Kier molecular flexibility index (Phi) is 5.71. The minimum absolute atomic E-state index is 0.0269. The van der Waals surface area contributed by atoms with E-state index in [9.17, 15) is 4.79 Å². The predicted octanol–water partition coefficient (Wildman–Crippen LogP) is 3.58. The van der Waals surface area contributed by atoms with Crippen molar-refractivity contribution in [2.45, 2.75) is 26.4 Å². The number of urea groups is 1. The Morgan fingerprint density at radius 3 is 2.44 bits per heavy atom. The fourth-order valence-corrected chi connectivity index (χ4v) is 3.28. The molecule has 1 heterocycles. The Balaban J connectivity index is 1.47. The average molecular weight is 337 g/mol. The van der Waals surface area contributed by atoms with Crippen molar-refractivity contribution in [3.8, 4) is 0 Å². The first-order valence-corrected chi connectivity index (χ1v) is 9.00. The number of amides is 2. The normalized spacial score (nSPS) is 16.5. The van der Waals surface area contributed by atoms with E-state index in [1.54, 1.807) is 0 Å². The molecule has 0 aromatic heterocycles. The van der Waals surface area contributed by atoms with Crippen LogP contribution in [0.25, 0.3) is 0 Å². The molecular formula is C21H27N3O. The van der Waals surface area contributed by atoms with Gasteiger partial charge in [-0.25, -0.2) is 4.79 Å². The van der Waals surface area contributed by atoms with Crippen LogP contribution in [-0.2, 0) is 6.54 Å². The van der Waals surface area contributed by atoms with Gasteiger partial charge >= 0.3 is 6.03 Å². The van der Waals surface area contributed by atoms with Gasteiger partial charge in [-0.3, -0.25) is 4.90 Å². The standard InChI is InChI=1S/C21H27N3O/c1-17-7-6-8-19(15-17)16-23-11-13-24(14-12-23)21(25)22-18(2)20-9-4-3-5-10-20/h3-10,15,18H,11-14,16H2,1-2H3,(H,22,25). The number of piperazine rings is 1. The maximum atomic E-state index is 12.5. The second kappa shape index (κ2) is 8.17. The van der Waals surface area contributed by atoms with Gasteiger partial charge in [0, 0.05) is 32.7 Å². The lowest BCUT2D eigenvalue weighted by Gasteiger charge is -2.35. The highest BCUT2D eigenvalue weighted by Crippen LogP contribution is 2.13. The maximum absolute atomic E-state index is 12.5. The molecule has 2 amide bonds. The Hall–Kier alpha value is -2.33. The molecule has 2 aromatic carbocycles. The van der Waals surface area contributed by atoms with Gasteiger partial charge in [-0.05, 0) is 25.0 Å². The van der Waals surface area contributed by atoms with E-state index in [4.69, 9.17) is 0 Å². The van der Waals surface area contributed by atoms with Crippen LogP contribution < -0.4 is 5.32 Å². The molecule has 0 saturated carbocycles. The Bertz CT molecular complexity index is 693. The van der Waals surface area contributed by atoms with Crippen molar-refractivity contribution < 1.29 is 4.79 Å². The molecule has 132 valence electrons. The fraction of sp³-hybridized carbons (Fsp3) is 0.381. The smallest absolute Gasteiger partial charge is 0.317 e. The molecule has 0 radical (unpaired) electrons. The van der Waals surface area contributed by atoms with Crippen molar-refractivity contribution in [2.75, 3.05) is 26.2 Å². The summed E-state index contributed by atoms with van der Waals surface area (Å²) < 4.78 is 0. The number of hydrogen-bond donors (Lipinski definition) is 1. The zero-order valence-electron chi connectivity index (χ0n) is 15.1. The molecule has 1 unspecified atom stereocenters. The van der Waals surface area contributed by atoms with E-state index in [0.29, 0.717) is 0 Å². The molecule has 2 aromatic rings. The van der Waals surface area contributed by atoms with E-state index in [-0.39, 0.29) is 12.1 Å². The molecule has 3 rings (SSSR count). The second-order valence-electron chi connectivity index (χ2n) is 6.83. The molecule has 0 spiro atoms. The summed E-state index contributed by atoms with van der Waals surface area (Å²) in [6.45, 7) is 8.50. The second-order valence-corrected chi connectivity index (χ2v) is 6.83. The summed E-state index contributed by atoms with van der Waals surface area (Å²) in [6.07, 6.45) is 0. The largest absolute Gasteiger partial charge is 0.331 e. The van der Waals surface area contributed by atoms with Crippen LogP contribution in [0.3, 0.4) is 0 Å². The summed E-state index contributed by atoms with van der Waals surface area (Å²) in [5.74, 6) is 0. The maximum Gasteiger partial charge on any atom is 0.317 e. The molecule has 25 heavy (non-hydrogen) atoms. The number of carbonyl (C=O) groups excluding carboxylic acids is 1. The van der Waals surface area contributed by atoms with Crippen molar-refractivity contribution in [3.63, 3.8) is 0 Å². The predicted molar refractivity (Wildman–Crippen MR) is 101 cm³/mol. The molecule has 1 saturated heterocycles. The van der Waals surface area contributed by atoms with Crippen LogP contribution in [0.1, 0.15) is 29.7 Å². The first-order valence-electron chi connectivity index (χ1n) is 9.00. The zero-order chi connectivity index (χ0) is 17.6. The first kappa shape index (κ1) is 17.5. The quantitative estimate of drug-likeness (QED) is 0.925. The van der Waals surface area contributed by atoms with Gasteiger partial charge in [0.1, 0.15) is 0 Å². The summed E-state index contributed by atoms with van der Waals surface area (Å²) in [5.41, 5.74) is 3.77. The lowest BCUT2D eigenvalue weighted by molar-refractivity contribution is 0.133. The third kappa shape index (κ3) is 4.83. The van der Waals surface area contributed by atoms with Gasteiger partial charge in [-0.1, -0.05) is 60.2 Å².